The van der Waals surface area contributed by atoms with Gasteiger partial charge >= 0.3 is 5.97 Å². The molecule has 50 heavy (non-hydrogen) atoms. The van der Waals surface area contributed by atoms with E-state index in [1.165, 1.54) is 23.0 Å². The Balaban J connectivity index is 1.25. The Morgan fingerprint density at radius 2 is 1.74 bits per heavy atom. The highest BCUT2D eigenvalue weighted by molar-refractivity contribution is 5.96. The molecule has 4 fully saturated rings. The molecule has 5 aliphatic rings. The summed E-state index contributed by atoms with van der Waals surface area (Å²) in [7, 11) is 3.30. The lowest BCUT2D eigenvalue weighted by atomic mass is 9.62. The third kappa shape index (κ3) is 5.79. The molecule has 2 aromatic carbocycles. The average Bonchev–Trinajstić information content (AvgIpc) is 3.76. The van der Waals surface area contributed by atoms with Gasteiger partial charge in [0.1, 0.15) is 35.9 Å². The van der Waals surface area contributed by atoms with Crippen LogP contribution in [0.1, 0.15) is 35.6 Å². The molecule has 14 heteroatoms. The van der Waals surface area contributed by atoms with Crippen LogP contribution in [0.5, 0.6) is 0 Å². The normalized spacial score (nSPS) is 30.0. The summed E-state index contributed by atoms with van der Waals surface area (Å²) in [5, 5.41) is 26.5. The molecule has 14 nitrogen and oxygen atoms in total. The van der Waals surface area contributed by atoms with Crippen LogP contribution in [0.15, 0.2) is 54.6 Å². The van der Waals surface area contributed by atoms with Crippen LogP contribution >= 0.6 is 0 Å². The number of ether oxygens (including phenoxy) is 3. The van der Waals surface area contributed by atoms with Gasteiger partial charge in [-0.25, -0.2) is 0 Å². The van der Waals surface area contributed by atoms with Crippen molar-refractivity contribution in [2.24, 2.45) is 5.41 Å². The summed E-state index contributed by atoms with van der Waals surface area (Å²) in [5.74, 6) is -3.31. The molecular formula is C36H42N4O10. The first kappa shape index (κ1) is 34.3. The summed E-state index contributed by atoms with van der Waals surface area (Å²) < 4.78 is 19.5. The van der Waals surface area contributed by atoms with Crippen molar-refractivity contribution in [1.82, 2.24) is 20.6 Å². The third-order valence-electron chi connectivity index (χ3n) is 10.4. The minimum atomic E-state index is -1.60. The minimum Gasteiger partial charge on any atom is -0.458 e. The highest BCUT2D eigenvalue weighted by Gasteiger charge is 2.76. The first-order valence-electron chi connectivity index (χ1n) is 16.9. The monoisotopic (exact) mass is 690 g/mol. The number of fused-ring (bicyclic) bond motifs is 5. The second-order valence-electron chi connectivity index (χ2n) is 13.9. The smallest absolute Gasteiger partial charge is 0.327 e. The number of rotatable bonds is 10. The molecule has 2 aromatic rings. The van der Waals surface area contributed by atoms with Gasteiger partial charge < -0.3 is 40.0 Å². The zero-order valence-corrected chi connectivity index (χ0v) is 28.1. The first-order valence-corrected chi connectivity index (χ1v) is 16.9. The Morgan fingerprint density at radius 3 is 2.42 bits per heavy atom. The van der Waals surface area contributed by atoms with Crippen molar-refractivity contribution in [1.29, 1.82) is 0 Å². The summed E-state index contributed by atoms with van der Waals surface area (Å²) in [6, 6.07) is 12.6. The van der Waals surface area contributed by atoms with Crippen molar-refractivity contribution in [2.75, 3.05) is 27.2 Å². The van der Waals surface area contributed by atoms with Crippen molar-refractivity contribution in [3.63, 3.8) is 0 Å². The van der Waals surface area contributed by atoms with E-state index in [9.17, 15) is 29.4 Å². The van der Waals surface area contributed by atoms with Crippen molar-refractivity contribution in [3.05, 3.63) is 76.9 Å². The quantitative estimate of drug-likeness (QED) is 0.193. The van der Waals surface area contributed by atoms with Gasteiger partial charge in [0.15, 0.2) is 11.8 Å². The highest BCUT2D eigenvalue weighted by Crippen LogP contribution is 2.58. The summed E-state index contributed by atoms with van der Waals surface area (Å²) in [6.45, 7) is 1.00. The fourth-order valence-corrected chi connectivity index (χ4v) is 8.05. The summed E-state index contributed by atoms with van der Waals surface area (Å²) in [4.78, 5) is 62.2. The maximum atomic E-state index is 14.7. The van der Waals surface area contributed by atoms with Gasteiger partial charge in [0.25, 0.3) is 0 Å². The van der Waals surface area contributed by atoms with Crippen LogP contribution in [-0.4, -0.2) is 120 Å². The Hall–Kier alpha value is -4.18. The van der Waals surface area contributed by atoms with E-state index in [0.29, 0.717) is 24.0 Å². The molecule has 1 saturated carbocycles. The van der Waals surface area contributed by atoms with Crippen LogP contribution in [0.3, 0.4) is 0 Å². The molecule has 3 aliphatic heterocycles. The van der Waals surface area contributed by atoms with Gasteiger partial charge in [0.05, 0.1) is 19.3 Å². The number of amides is 3. The average molecular weight is 691 g/mol. The zero-order valence-electron chi connectivity index (χ0n) is 28.1. The van der Waals surface area contributed by atoms with Crippen LogP contribution in [-0.2, 0) is 57.6 Å². The van der Waals surface area contributed by atoms with Gasteiger partial charge in [-0.2, -0.15) is 5.06 Å². The van der Waals surface area contributed by atoms with E-state index in [4.69, 9.17) is 19.0 Å². The second kappa shape index (κ2) is 13.2. The summed E-state index contributed by atoms with van der Waals surface area (Å²) >= 11 is 0. The van der Waals surface area contributed by atoms with Gasteiger partial charge in [-0.05, 0) is 35.3 Å². The fraction of sp³-hybridized carbons (Fsp3) is 0.500. The zero-order chi connectivity index (χ0) is 35.4. The predicted octanol–water partition coefficient (Wildman–Crippen LogP) is -0.159. The van der Waals surface area contributed by atoms with E-state index < -0.39 is 71.6 Å². The number of nitrogens with one attached hydrogen (secondary N) is 2. The molecule has 0 aromatic heterocycles. The van der Waals surface area contributed by atoms with Crippen molar-refractivity contribution in [2.45, 2.75) is 81.1 Å². The number of benzene rings is 2. The standard InChI is InChI=1S/C36H42N4O10/c1-20(42)27(32(44)37-14-15-41)38-34(46)36-18-25-28-29(49-35(48-28)16-22-9-5-6-10-23(22)17-35)31(36)50-40(30(36)33(45)47-25)19-24-11-7-4-8-21(24)12-13-26(43)39(2)3/h4-13,20,25,27-31,41-42H,14-19H2,1-3H3,(H,37,44)(H,38,46). The maximum absolute atomic E-state index is 14.7. The Morgan fingerprint density at radius 1 is 1.06 bits per heavy atom. The Labute approximate surface area is 289 Å². The van der Waals surface area contributed by atoms with E-state index >= 15 is 0 Å². The lowest BCUT2D eigenvalue weighted by Crippen LogP contribution is -2.71. The van der Waals surface area contributed by atoms with Gasteiger partial charge in [-0.1, -0.05) is 48.5 Å². The van der Waals surface area contributed by atoms with Gasteiger partial charge in [0.2, 0.25) is 17.7 Å². The third-order valence-corrected chi connectivity index (χ3v) is 10.4. The van der Waals surface area contributed by atoms with E-state index in [1.54, 1.807) is 20.2 Å². The molecule has 3 amide bonds. The number of likely N-dealkylation sites (N-methyl/N-ethyl adjacent to an activating group) is 1. The van der Waals surface area contributed by atoms with Gasteiger partial charge in [0, 0.05) is 46.0 Å². The van der Waals surface area contributed by atoms with Crippen LogP contribution in [0.4, 0.5) is 0 Å². The molecule has 2 bridgehead atoms. The maximum Gasteiger partial charge on any atom is 0.327 e. The predicted molar refractivity (Wildman–Crippen MR) is 175 cm³/mol. The van der Waals surface area contributed by atoms with Crippen molar-refractivity contribution < 1.29 is 48.4 Å². The number of hydroxylamine groups is 2. The molecule has 8 atom stereocenters. The minimum absolute atomic E-state index is 0.0215. The molecular weight excluding hydrogens is 648 g/mol. The SMILES string of the molecule is CC(O)C(NC(=O)C12CC3OC(=O)C1N(Cc1ccccc1C=CC(=O)N(C)C)OC2C1OC2(Cc4ccccc4C2)OC31)C(=O)NCCO. The number of carbonyl (C=O) groups is 4. The Bertz CT molecular complexity index is 1690. The van der Waals surface area contributed by atoms with Crippen molar-refractivity contribution in [3.8, 4) is 0 Å². The number of hydrogen-bond acceptors (Lipinski definition) is 11. The summed E-state index contributed by atoms with van der Waals surface area (Å²) in [5.41, 5.74) is 1.98. The van der Waals surface area contributed by atoms with Gasteiger partial charge in [-0.3, -0.25) is 24.0 Å². The molecule has 4 N–H and O–H groups in total. The number of hydrogen-bond donors (Lipinski definition) is 4. The molecule has 266 valence electrons. The number of nitrogens with zero attached hydrogens (tertiary/aromatic N) is 2. The molecule has 1 spiro atoms. The number of carbonyl (C=O) groups excluding carboxylic acids is 4. The largest absolute Gasteiger partial charge is 0.458 e. The van der Waals surface area contributed by atoms with Gasteiger partial charge in [-0.15, -0.1) is 0 Å². The summed E-state index contributed by atoms with van der Waals surface area (Å²) in [6.07, 6.45) is -0.647. The van der Waals surface area contributed by atoms with Crippen molar-refractivity contribution >= 4 is 29.8 Å². The van der Waals surface area contributed by atoms with E-state index in [-0.39, 0.29) is 32.0 Å². The van der Waals surface area contributed by atoms with E-state index in [2.05, 4.69) is 10.6 Å². The molecule has 7 rings (SSSR count). The topological polar surface area (TPSA) is 176 Å². The second-order valence-corrected chi connectivity index (χ2v) is 13.9. The lowest BCUT2D eigenvalue weighted by molar-refractivity contribution is -0.217. The Kier molecular flexibility index (Phi) is 9.03. The van der Waals surface area contributed by atoms with E-state index in [1.807, 2.05) is 48.5 Å². The van der Waals surface area contributed by atoms with Crippen LogP contribution in [0, 0.1) is 5.41 Å². The number of esters is 1. The van der Waals surface area contributed by atoms with Crippen LogP contribution in [0.25, 0.3) is 6.08 Å². The molecule has 3 heterocycles. The molecule has 8 unspecified atom stereocenters. The lowest BCUT2D eigenvalue weighted by Gasteiger charge is -2.49. The first-order chi connectivity index (χ1) is 24.0. The van der Waals surface area contributed by atoms with Crippen LogP contribution in [0.2, 0.25) is 0 Å². The number of aliphatic hydroxyl groups is 2. The fourth-order valence-electron chi connectivity index (χ4n) is 8.05. The highest BCUT2D eigenvalue weighted by atomic mass is 16.8. The van der Waals surface area contributed by atoms with Crippen LogP contribution < -0.4 is 10.6 Å². The van der Waals surface area contributed by atoms with E-state index in [0.717, 1.165) is 11.1 Å². The molecule has 3 saturated heterocycles. The number of aliphatic hydroxyl groups excluding tert-OH is 2. The molecule has 2 aliphatic carbocycles. The molecule has 0 radical (unpaired) electrons.